The number of halogens is 1. The number of amides is 1. The van der Waals surface area contributed by atoms with E-state index in [1.165, 1.54) is 24.3 Å². The van der Waals surface area contributed by atoms with Crippen LogP contribution in [0.1, 0.15) is 24.2 Å². The molecular weight excluding hydrogens is 207 g/mol. The van der Waals surface area contributed by atoms with Gasteiger partial charge in [0.1, 0.15) is 5.82 Å². The number of hydrogen-bond acceptors (Lipinski definition) is 2. The summed E-state index contributed by atoms with van der Waals surface area (Å²) in [6.07, 6.45) is 0. The van der Waals surface area contributed by atoms with Crippen LogP contribution < -0.4 is 5.73 Å². The van der Waals surface area contributed by atoms with Gasteiger partial charge < -0.3 is 10.6 Å². The lowest BCUT2D eigenvalue weighted by atomic mass is 10.1. The molecule has 0 aliphatic carbocycles. The van der Waals surface area contributed by atoms with Gasteiger partial charge in [0.15, 0.2) is 0 Å². The quantitative estimate of drug-likeness (QED) is 0.845. The summed E-state index contributed by atoms with van der Waals surface area (Å²) >= 11 is 0. The van der Waals surface area contributed by atoms with Crippen molar-refractivity contribution in [3.8, 4) is 0 Å². The molecule has 0 radical (unpaired) electrons. The monoisotopic (exact) mass is 224 g/mol. The minimum atomic E-state index is -0.341. The van der Waals surface area contributed by atoms with E-state index < -0.39 is 0 Å². The van der Waals surface area contributed by atoms with Crippen molar-refractivity contribution in [3.63, 3.8) is 0 Å². The second-order valence-corrected chi connectivity index (χ2v) is 3.89. The van der Waals surface area contributed by atoms with Crippen molar-refractivity contribution in [1.29, 1.82) is 0 Å². The summed E-state index contributed by atoms with van der Waals surface area (Å²) in [7, 11) is 0. The maximum Gasteiger partial charge on any atom is 0.254 e. The molecule has 16 heavy (non-hydrogen) atoms. The zero-order valence-electron chi connectivity index (χ0n) is 9.61. The van der Waals surface area contributed by atoms with E-state index in [2.05, 4.69) is 0 Å². The van der Waals surface area contributed by atoms with Crippen molar-refractivity contribution in [2.24, 2.45) is 5.73 Å². The third-order valence-electron chi connectivity index (χ3n) is 2.35. The van der Waals surface area contributed by atoms with E-state index in [1.807, 2.05) is 13.8 Å². The molecular formula is C12H17FN2O. The first-order chi connectivity index (χ1) is 7.56. The number of benzene rings is 1. The van der Waals surface area contributed by atoms with Gasteiger partial charge in [0, 0.05) is 24.7 Å². The zero-order chi connectivity index (χ0) is 12.1. The Morgan fingerprint density at radius 3 is 2.38 bits per heavy atom. The fourth-order valence-corrected chi connectivity index (χ4v) is 1.49. The Bertz CT molecular complexity index is 349. The van der Waals surface area contributed by atoms with Gasteiger partial charge in [0.05, 0.1) is 0 Å². The van der Waals surface area contributed by atoms with Crippen molar-refractivity contribution in [2.75, 3.05) is 13.1 Å². The van der Waals surface area contributed by atoms with Crippen molar-refractivity contribution in [3.05, 3.63) is 35.6 Å². The largest absolute Gasteiger partial charge is 0.335 e. The third kappa shape index (κ3) is 3.03. The molecule has 0 aromatic heterocycles. The second-order valence-electron chi connectivity index (χ2n) is 3.89. The summed E-state index contributed by atoms with van der Waals surface area (Å²) < 4.78 is 12.7. The van der Waals surface area contributed by atoms with E-state index in [9.17, 15) is 9.18 Å². The fourth-order valence-electron chi connectivity index (χ4n) is 1.49. The molecule has 0 fully saturated rings. The molecule has 1 amide bonds. The van der Waals surface area contributed by atoms with Crippen LogP contribution in [-0.4, -0.2) is 29.9 Å². The van der Waals surface area contributed by atoms with Crippen LogP contribution in [0.25, 0.3) is 0 Å². The van der Waals surface area contributed by atoms with E-state index in [-0.39, 0.29) is 17.8 Å². The molecule has 0 saturated heterocycles. The minimum absolute atomic E-state index is 0.0844. The molecule has 0 aliphatic rings. The maximum absolute atomic E-state index is 12.7. The first-order valence-corrected chi connectivity index (χ1v) is 5.33. The third-order valence-corrected chi connectivity index (χ3v) is 2.35. The molecule has 88 valence electrons. The van der Waals surface area contributed by atoms with Crippen LogP contribution in [0, 0.1) is 5.82 Å². The van der Waals surface area contributed by atoms with Crippen molar-refractivity contribution in [1.82, 2.24) is 4.90 Å². The number of nitrogens with zero attached hydrogens (tertiary/aromatic N) is 1. The van der Waals surface area contributed by atoms with Crippen LogP contribution >= 0.6 is 0 Å². The van der Waals surface area contributed by atoms with E-state index >= 15 is 0 Å². The summed E-state index contributed by atoms with van der Waals surface area (Å²) in [6.45, 7) is 4.78. The molecule has 2 N–H and O–H groups in total. The minimum Gasteiger partial charge on any atom is -0.335 e. The van der Waals surface area contributed by atoms with Gasteiger partial charge in [-0.15, -0.1) is 0 Å². The number of rotatable bonds is 4. The van der Waals surface area contributed by atoms with Gasteiger partial charge >= 0.3 is 0 Å². The summed E-state index contributed by atoms with van der Waals surface area (Å²) in [5.41, 5.74) is 5.94. The molecule has 3 nitrogen and oxygen atoms in total. The molecule has 0 atom stereocenters. The first kappa shape index (κ1) is 12.6. The van der Waals surface area contributed by atoms with Crippen LogP contribution in [-0.2, 0) is 0 Å². The SMILES string of the molecule is CC(C)N(CCN)C(=O)c1ccc(F)cc1. The number of hydrogen-bond donors (Lipinski definition) is 1. The summed E-state index contributed by atoms with van der Waals surface area (Å²) in [6, 6.07) is 5.64. The highest BCUT2D eigenvalue weighted by Gasteiger charge is 2.17. The van der Waals surface area contributed by atoms with Gasteiger partial charge in [-0.2, -0.15) is 0 Å². The van der Waals surface area contributed by atoms with Gasteiger partial charge in [0.2, 0.25) is 0 Å². The first-order valence-electron chi connectivity index (χ1n) is 5.33. The Morgan fingerprint density at radius 2 is 1.94 bits per heavy atom. The summed E-state index contributed by atoms with van der Waals surface area (Å²) in [5.74, 6) is -0.452. The summed E-state index contributed by atoms with van der Waals surface area (Å²) in [5, 5.41) is 0. The Kier molecular flexibility index (Phi) is 4.43. The number of nitrogens with two attached hydrogens (primary N) is 1. The highest BCUT2D eigenvalue weighted by Crippen LogP contribution is 2.09. The lowest BCUT2D eigenvalue weighted by Crippen LogP contribution is -2.40. The van der Waals surface area contributed by atoms with Crippen molar-refractivity contribution >= 4 is 5.91 Å². The Morgan fingerprint density at radius 1 is 1.38 bits per heavy atom. The fraction of sp³-hybridized carbons (Fsp3) is 0.417. The molecule has 0 unspecified atom stereocenters. The molecule has 0 heterocycles. The Balaban J connectivity index is 2.86. The predicted molar refractivity (Wildman–Crippen MR) is 61.6 cm³/mol. The Hall–Kier alpha value is -1.42. The predicted octanol–water partition coefficient (Wildman–Crippen LogP) is 1.64. The molecule has 1 aromatic rings. The molecule has 0 bridgehead atoms. The molecule has 0 aliphatic heterocycles. The van der Waals surface area contributed by atoms with E-state index in [0.717, 1.165) is 0 Å². The molecule has 1 aromatic carbocycles. The smallest absolute Gasteiger partial charge is 0.254 e. The van der Waals surface area contributed by atoms with E-state index in [4.69, 9.17) is 5.73 Å². The van der Waals surface area contributed by atoms with Gasteiger partial charge in [0.25, 0.3) is 5.91 Å². The van der Waals surface area contributed by atoms with Crippen LogP contribution in [0.15, 0.2) is 24.3 Å². The normalized spacial score (nSPS) is 10.6. The van der Waals surface area contributed by atoms with E-state index in [1.54, 1.807) is 4.90 Å². The van der Waals surface area contributed by atoms with E-state index in [0.29, 0.717) is 18.7 Å². The molecule has 1 rings (SSSR count). The standard InChI is InChI=1S/C12H17FN2O/c1-9(2)15(8-7-14)12(16)10-3-5-11(13)6-4-10/h3-6,9H,7-8,14H2,1-2H3. The molecule has 4 heteroatoms. The van der Waals surface area contributed by atoms with Crippen LogP contribution in [0.4, 0.5) is 4.39 Å². The lowest BCUT2D eigenvalue weighted by Gasteiger charge is -2.26. The number of carbonyl (C=O) groups is 1. The highest BCUT2D eigenvalue weighted by atomic mass is 19.1. The Labute approximate surface area is 95.0 Å². The second kappa shape index (κ2) is 5.61. The topological polar surface area (TPSA) is 46.3 Å². The van der Waals surface area contributed by atoms with Gasteiger partial charge in [-0.25, -0.2) is 4.39 Å². The summed E-state index contributed by atoms with van der Waals surface area (Å²) in [4.78, 5) is 13.7. The molecule has 0 saturated carbocycles. The maximum atomic E-state index is 12.7. The zero-order valence-corrected chi connectivity index (χ0v) is 9.61. The van der Waals surface area contributed by atoms with Crippen LogP contribution in [0.3, 0.4) is 0 Å². The average molecular weight is 224 g/mol. The van der Waals surface area contributed by atoms with Gasteiger partial charge in [-0.3, -0.25) is 4.79 Å². The lowest BCUT2D eigenvalue weighted by molar-refractivity contribution is 0.0712. The average Bonchev–Trinajstić information content (AvgIpc) is 2.25. The number of carbonyl (C=O) groups excluding carboxylic acids is 1. The molecule has 0 spiro atoms. The van der Waals surface area contributed by atoms with Crippen LogP contribution in [0.2, 0.25) is 0 Å². The van der Waals surface area contributed by atoms with Gasteiger partial charge in [-0.05, 0) is 38.1 Å². The van der Waals surface area contributed by atoms with Crippen molar-refractivity contribution < 1.29 is 9.18 Å². The highest BCUT2D eigenvalue weighted by molar-refractivity contribution is 5.94. The van der Waals surface area contributed by atoms with Gasteiger partial charge in [-0.1, -0.05) is 0 Å². The van der Waals surface area contributed by atoms with Crippen molar-refractivity contribution in [2.45, 2.75) is 19.9 Å². The van der Waals surface area contributed by atoms with Crippen LogP contribution in [0.5, 0.6) is 0 Å².